The molecule has 0 spiro atoms. The summed E-state index contributed by atoms with van der Waals surface area (Å²) in [6.45, 7) is 6.08. The minimum atomic E-state index is -0.0742. The average Bonchev–Trinajstić information content (AvgIpc) is 2.80. The molecule has 0 N–H and O–H groups in total. The number of ether oxygens (including phenoxy) is 1. The molecule has 0 radical (unpaired) electrons. The summed E-state index contributed by atoms with van der Waals surface area (Å²) in [4.78, 5) is 31.2. The van der Waals surface area contributed by atoms with Crippen molar-refractivity contribution in [3.63, 3.8) is 0 Å². The summed E-state index contributed by atoms with van der Waals surface area (Å²) in [5.74, 6) is 0.725. The second kappa shape index (κ2) is 7.44. The molecule has 7 nitrogen and oxygen atoms in total. The maximum absolute atomic E-state index is 12.7. The van der Waals surface area contributed by atoms with E-state index in [0.717, 1.165) is 17.8 Å². The summed E-state index contributed by atoms with van der Waals surface area (Å²) in [5.41, 5.74) is 2.35. The van der Waals surface area contributed by atoms with E-state index in [1.165, 1.54) is 0 Å². The summed E-state index contributed by atoms with van der Waals surface area (Å²) in [7, 11) is 0. The van der Waals surface area contributed by atoms with Crippen LogP contribution in [0.15, 0.2) is 24.7 Å². The minimum absolute atomic E-state index is 0.0742. The van der Waals surface area contributed by atoms with E-state index in [9.17, 15) is 4.79 Å². The van der Waals surface area contributed by atoms with Gasteiger partial charge in [0, 0.05) is 36.6 Å². The summed E-state index contributed by atoms with van der Waals surface area (Å²) in [6.07, 6.45) is 3.95. The fraction of sp³-hybridized carbons (Fsp3) is 0.471. The molecule has 1 amide bonds. The number of nitrogens with zero attached hydrogens (tertiary/aromatic N) is 5. The second-order valence-corrected chi connectivity index (χ2v) is 6.04. The molecule has 2 aromatic rings. The van der Waals surface area contributed by atoms with Crippen molar-refractivity contribution in [1.82, 2.24) is 24.8 Å². The topological polar surface area (TPSA) is 81.1 Å². The Morgan fingerprint density at radius 1 is 1.33 bits per heavy atom. The number of aromatic nitrogens is 4. The van der Waals surface area contributed by atoms with E-state index >= 15 is 0 Å². The Hall–Kier alpha value is -2.41. The quantitative estimate of drug-likeness (QED) is 0.843. The zero-order valence-corrected chi connectivity index (χ0v) is 14.0. The van der Waals surface area contributed by atoms with Crippen LogP contribution in [0.1, 0.15) is 27.7 Å². The average molecular weight is 327 g/mol. The summed E-state index contributed by atoms with van der Waals surface area (Å²) < 4.78 is 5.68. The number of aryl methyl sites for hydroxylation is 2. The van der Waals surface area contributed by atoms with Gasteiger partial charge in [-0.15, -0.1) is 0 Å². The van der Waals surface area contributed by atoms with Gasteiger partial charge in [-0.25, -0.2) is 19.9 Å². The van der Waals surface area contributed by atoms with Gasteiger partial charge in [-0.3, -0.25) is 4.79 Å². The van der Waals surface area contributed by atoms with Gasteiger partial charge >= 0.3 is 0 Å². The van der Waals surface area contributed by atoms with Crippen molar-refractivity contribution in [3.05, 3.63) is 47.6 Å². The van der Waals surface area contributed by atoms with Crippen molar-refractivity contribution >= 4 is 5.91 Å². The van der Waals surface area contributed by atoms with Crippen LogP contribution in [0, 0.1) is 19.8 Å². The van der Waals surface area contributed by atoms with Crippen LogP contribution >= 0.6 is 0 Å². The van der Waals surface area contributed by atoms with Crippen LogP contribution in [0.5, 0.6) is 0 Å². The number of hydrogen-bond acceptors (Lipinski definition) is 6. The first kappa shape index (κ1) is 16.4. The molecule has 24 heavy (non-hydrogen) atoms. The predicted molar refractivity (Wildman–Crippen MR) is 87.5 cm³/mol. The van der Waals surface area contributed by atoms with Crippen LogP contribution in [0.25, 0.3) is 0 Å². The van der Waals surface area contributed by atoms with Crippen molar-refractivity contribution in [1.29, 1.82) is 0 Å². The molecular formula is C17H21N5O2. The van der Waals surface area contributed by atoms with Crippen LogP contribution in [0.3, 0.4) is 0 Å². The molecule has 3 heterocycles. The van der Waals surface area contributed by atoms with E-state index in [0.29, 0.717) is 37.8 Å². The largest absolute Gasteiger partial charge is 0.379 e. The van der Waals surface area contributed by atoms with Crippen LogP contribution in [0.2, 0.25) is 0 Å². The lowest BCUT2D eigenvalue weighted by molar-refractivity contribution is 0.0731. The second-order valence-electron chi connectivity index (χ2n) is 6.04. The SMILES string of the molecule is Cc1cc(C[C@@H]2COCCN(C(=O)c3ccnc(C)n3)C2)ncn1. The molecule has 2 aromatic heterocycles. The standard InChI is InChI=1S/C17H21N5O2/c1-12-7-15(20-11-19-12)8-14-9-22(5-6-24-10-14)17(23)16-3-4-18-13(2)21-16/h3-4,7,11,14H,5-6,8-10H2,1-2H3/t14-/m0/s1. The first-order valence-electron chi connectivity index (χ1n) is 8.06. The summed E-state index contributed by atoms with van der Waals surface area (Å²) >= 11 is 0. The number of carbonyl (C=O) groups is 1. The van der Waals surface area contributed by atoms with Crippen molar-refractivity contribution in [2.45, 2.75) is 20.3 Å². The van der Waals surface area contributed by atoms with Crippen molar-refractivity contribution in [3.8, 4) is 0 Å². The highest BCUT2D eigenvalue weighted by Crippen LogP contribution is 2.15. The monoisotopic (exact) mass is 327 g/mol. The van der Waals surface area contributed by atoms with E-state index in [2.05, 4.69) is 19.9 Å². The van der Waals surface area contributed by atoms with Gasteiger partial charge in [-0.05, 0) is 32.4 Å². The number of rotatable bonds is 3. The van der Waals surface area contributed by atoms with E-state index in [1.807, 2.05) is 17.9 Å². The molecule has 7 heteroatoms. The fourth-order valence-corrected chi connectivity index (χ4v) is 2.84. The number of amides is 1. The van der Waals surface area contributed by atoms with E-state index < -0.39 is 0 Å². The third kappa shape index (κ3) is 4.11. The minimum Gasteiger partial charge on any atom is -0.379 e. The highest BCUT2D eigenvalue weighted by Gasteiger charge is 2.24. The van der Waals surface area contributed by atoms with Crippen LogP contribution < -0.4 is 0 Å². The predicted octanol–water partition coefficient (Wildman–Crippen LogP) is 1.21. The van der Waals surface area contributed by atoms with Gasteiger partial charge < -0.3 is 9.64 Å². The molecule has 3 rings (SSSR count). The molecule has 1 atom stereocenters. The molecular weight excluding hydrogens is 306 g/mol. The maximum Gasteiger partial charge on any atom is 0.272 e. The van der Waals surface area contributed by atoms with Gasteiger partial charge in [-0.2, -0.15) is 0 Å². The third-order valence-electron chi connectivity index (χ3n) is 3.98. The lowest BCUT2D eigenvalue weighted by Crippen LogP contribution is -2.37. The Balaban J connectivity index is 1.71. The van der Waals surface area contributed by atoms with Crippen molar-refractivity contribution in [2.24, 2.45) is 5.92 Å². The Labute approximate surface area is 141 Å². The third-order valence-corrected chi connectivity index (χ3v) is 3.98. The zero-order chi connectivity index (χ0) is 16.9. The number of hydrogen-bond donors (Lipinski definition) is 0. The fourth-order valence-electron chi connectivity index (χ4n) is 2.84. The first-order chi connectivity index (χ1) is 11.6. The van der Waals surface area contributed by atoms with Crippen molar-refractivity contribution in [2.75, 3.05) is 26.3 Å². The molecule has 0 bridgehead atoms. The molecule has 0 aliphatic carbocycles. The molecule has 1 fully saturated rings. The summed E-state index contributed by atoms with van der Waals surface area (Å²) in [5, 5.41) is 0. The lowest BCUT2D eigenvalue weighted by Gasteiger charge is -2.23. The molecule has 1 saturated heterocycles. The molecule has 0 saturated carbocycles. The van der Waals surface area contributed by atoms with Gasteiger partial charge in [0.2, 0.25) is 0 Å². The van der Waals surface area contributed by atoms with Crippen LogP contribution in [0.4, 0.5) is 0 Å². The molecule has 0 aromatic carbocycles. The van der Waals surface area contributed by atoms with Gasteiger partial charge in [0.1, 0.15) is 17.8 Å². The Morgan fingerprint density at radius 3 is 3.00 bits per heavy atom. The van der Waals surface area contributed by atoms with Crippen LogP contribution in [-0.2, 0) is 11.2 Å². The maximum atomic E-state index is 12.7. The molecule has 0 unspecified atom stereocenters. The van der Waals surface area contributed by atoms with Crippen LogP contribution in [-0.4, -0.2) is 57.0 Å². The summed E-state index contributed by atoms with van der Waals surface area (Å²) in [6, 6.07) is 3.63. The smallest absolute Gasteiger partial charge is 0.272 e. The zero-order valence-electron chi connectivity index (χ0n) is 14.0. The van der Waals surface area contributed by atoms with E-state index in [4.69, 9.17) is 4.74 Å². The van der Waals surface area contributed by atoms with Gasteiger partial charge in [0.05, 0.1) is 13.2 Å². The number of carbonyl (C=O) groups excluding carboxylic acids is 1. The Bertz CT molecular complexity index is 722. The lowest BCUT2D eigenvalue weighted by atomic mass is 10.0. The van der Waals surface area contributed by atoms with Crippen molar-refractivity contribution < 1.29 is 9.53 Å². The van der Waals surface area contributed by atoms with Gasteiger partial charge in [-0.1, -0.05) is 0 Å². The Kier molecular flexibility index (Phi) is 5.10. The normalized spacial score (nSPS) is 18.2. The molecule has 1 aliphatic heterocycles. The van der Waals surface area contributed by atoms with Gasteiger partial charge in [0.15, 0.2) is 0 Å². The highest BCUT2D eigenvalue weighted by molar-refractivity contribution is 5.92. The highest BCUT2D eigenvalue weighted by atomic mass is 16.5. The molecule has 126 valence electrons. The molecule has 1 aliphatic rings. The first-order valence-corrected chi connectivity index (χ1v) is 8.06. The Morgan fingerprint density at radius 2 is 2.21 bits per heavy atom. The van der Waals surface area contributed by atoms with E-state index in [1.54, 1.807) is 25.5 Å². The van der Waals surface area contributed by atoms with Gasteiger partial charge in [0.25, 0.3) is 5.91 Å². The van der Waals surface area contributed by atoms with E-state index in [-0.39, 0.29) is 11.8 Å².